The summed E-state index contributed by atoms with van der Waals surface area (Å²) in [4.78, 5) is 0. The molecule has 0 saturated carbocycles. The average molecular weight is 110 g/mol. The third-order valence-corrected chi connectivity index (χ3v) is 0.630. The van der Waals surface area contributed by atoms with Crippen LogP contribution in [0.5, 0.6) is 0 Å². The van der Waals surface area contributed by atoms with Crippen LogP contribution < -0.4 is 10.6 Å². The van der Waals surface area contributed by atoms with Crippen LogP contribution in [0.15, 0.2) is 11.9 Å². The van der Waals surface area contributed by atoms with Crippen LogP contribution in [-0.2, 0) is 0 Å². The molecule has 0 aliphatic carbocycles. The number of hydrogen-bond donors (Lipinski definition) is 2. The monoisotopic (exact) mass is 110 g/mol. The van der Waals surface area contributed by atoms with Gasteiger partial charge in [-0.25, -0.2) is 0 Å². The highest BCUT2D eigenvalue weighted by Gasteiger charge is 1.76. The summed E-state index contributed by atoms with van der Waals surface area (Å²) in [7, 11) is 1.82. The summed E-state index contributed by atoms with van der Waals surface area (Å²) >= 11 is 0. The Balaban J connectivity index is 3.49. The molecule has 2 heteroatoms. The summed E-state index contributed by atoms with van der Waals surface area (Å²) in [5.41, 5.74) is 0.940. The lowest BCUT2D eigenvalue weighted by Crippen LogP contribution is -2.05. The van der Waals surface area contributed by atoms with Gasteiger partial charge in [-0.05, 0) is 6.92 Å². The van der Waals surface area contributed by atoms with Gasteiger partial charge in [0.25, 0.3) is 0 Å². The zero-order valence-corrected chi connectivity index (χ0v) is 5.15. The lowest BCUT2D eigenvalue weighted by atomic mass is 10.5. The smallest absolute Gasteiger partial charge is 0.0355 e. The van der Waals surface area contributed by atoms with Gasteiger partial charge in [-0.2, -0.15) is 0 Å². The SMILES string of the molecule is C#CN/C(C)=C/NC. The minimum Gasteiger partial charge on any atom is -0.393 e. The lowest BCUT2D eigenvalue weighted by molar-refractivity contribution is 1.01. The predicted molar refractivity (Wildman–Crippen MR) is 34.8 cm³/mol. The fourth-order valence-electron chi connectivity index (χ4n) is 0.366. The number of allylic oxidation sites excluding steroid dienone is 1. The van der Waals surface area contributed by atoms with Gasteiger partial charge >= 0.3 is 0 Å². The molecule has 0 fully saturated rings. The molecular formula is C6H10N2. The maximum atomic E-state index is 4.93. The molecule has 0 radical (unpaired) electrons. The molecule has 0 bridgehead atoms. The van der Waals surface area contributed by atoms with Crippen molar-refractivity contribution in [2.24, 2.45) is 0 Å². The van der Waals surface area contributed by atoms with Crippen molar-refractivity contribution in [1.29, 1.82) is 0 Å². The van der Waals surface area contributed by atoms with Crippen LogP contribution in [-0.4, -0.2) is 7.05 Å². The van der Waals surface area contributed by atoms with Crippen LogP contribution in [0.25, 0.3) is 0 Å². The first-order valence-corrected chi connectivity index (χ1v) is 2.37. The second-order valence-electron chi connectivity index (χ2n) is 1.39. The van der Waals surface area contributed by atoms with Gasteiger partial charge in [0.1, 0.15) is 0 Å². The van der Waals surface area contributed by atoms with E-state index in [0.29, 0.717) is 0 Å². The average Bonchev–Trinajstić information content (AvgIpc) is 1.68. The van der Waals surface area contributed by atoms with E-state index in [4.69, 9.17) is 6.42 Å². The van der Waals surface area contributed by atoms with E-state index in [2.05, 4.69) is 16.7 Å². The van der Waals surface area contributed by atoms with Crippen LogP contribution in [0.1, 0.15) is 6.92 Å². The zero-order chi connectivity index (χ0) is 6.41. The van der Waals surface area contributed by atoms with E-state index in [1.807, 2.05) is 14.0 Å². The van der Waals surface area contributed by atoms with Gasteiger partial charge in [0, 0.05) is 25.0 Å². The van der Waals surface area contributed by atoms with Crippen LogP contribution in [0.3, 0.4) is 0 Å². The molecule has 0 aromatic carbocycles. The molecule has 0 heterocycles. The first-order valence-electron chi connectivity index (χ1n) is 2.37. The lowest BCUT2D eigenvalue weighted by Gasteiger charge is -1.94. The normalized spacial score (nSPS) is 9.88. The minimum absolute atomic E-state index is 0.940. The van der Waals surface area contributed by atoms with E-state index in [1.165, 1.54) is 0 Å². The molecule has 2 nitrogen and oxygen atoms in total. The fourth-order valence-corrected chi connectivity index (χ4v) is 0.366. The number of hydrogen-bond acceptors (Lipinski definition) is 2. The molecule has 8 heavy (non-hydrogen) atoms. The van der Waals surface area contributed by atoms with Crippen molar-refractivity contribution in [3.05, 3.63) is 11.9 Å². The Hall–Kier alpha value is -1.10. The van der Waals surface area contributed by atoms with Gasteiger partial charge < -0.3 is 10.6 Å². The Morgan fingerprint density at radius 1 is 1.75 bits per heavy atom. The topological polar surface area (TPSA) is 24.1 Å². The van der Waals surface area contributed by atoms with Gasteiger partial charge in [0.05, 0.1) is 0 Å². The molecule has 0 aromatic rings. The summed E-state index contributed by atoms with van der Waals surface area (Å²) in [6, 6.07) is 2.29. The van der Waals surface area contributed by atoms with Crippen molar-refractivity contribution in [3.63, 3.8) is 0 Å². The molecule has 0 rings (SSSR count). The first-order chi connectivity index (χ1) is 3.81. The third-order valence-electron chi connectivity index (χ3n) is 0.630. The Bertz CT molecular complexity index is 119. The first kappa shape index (κ1) is 6.90. The standard InChI is InChI=1S/C6H10N2/c1-4-8-6(2)5-7-3/h1,5,7-8H,2-3H3/b6-5+. The second kappa shape index (κ2) is 4.07. The molecule has 0 aromatic heterocycles. The third kappa shape index (κ3) is 3.10. The molecule has 2 N–H and O–H groups in total. The largest absolute Gasteiger partial charge is 0.393 e. The van der Waals surface area contributed by atoms with Crippen LogP contribution >= 0.6 is 0 Å². The number of rotatable bonds is 2. The summed E-state index contributed by atoms with van der Waals surface area (Å²) in [6.45, 7) is 1.89. The number of terminal acetylenes is 1. The minimum atomic E-state index is 0.940. The van der Waals surface area contributed by atoms with Crippen LogP contribution in [0.2, 0.25) is 0 Å². The fraction of sp³-hybridized carbons (Fsp3) is 0.333. The summed E-state index contributed by atoms with van der Waals surface area (Å²) in [5.74, 6) is 0. The maximum Gasteiger partial charge on any atom is 0.0355 e. The number of nitrogens with one attached hydrogen (secondary N) is 2. The molecule has 0 spiro atoms. The highest BCUT2D eigenvalue weighted by molar-refractivity contribution is 5.01. The molecular weight excluding hydrogens is 100 g/mol. The summed E-state index contributed by atoms with van der Waals surface area (Å²) in [6.07, 6.45) is 6.72. The molecule has 0 aliphatic heterocycles. The molecule has 0 saturated heterocycles. The van der Waals surface area contributed by atoms with Crippen molar-refractivity contribution < 1.29 is 0 Å². The van der Waals surface area contributed by atoms with Gasteiger partial charge in [0.2, 0.25) is 0 Å². The maximum absolute atomic E-state index is 4.93. The van der Waals surface area contributed by atoms with Gasteiger partial charge in [0.15, 0.2) is 0 Å². The molecule has 0 atom stereocenters. The van der Waals surface area contributed by atoms with Gasteiger partial charge in [-0.3, -0.25) is 0 Å². The summed E-state index contributed by atoms with van der Waals surface area (Å²) in [5, 5.41) is 5.50. The van der Waals surface area contributed by atoms with E-state index < -0.39 is 0 Å². The van der Waals surface area contributed by atoms with Gasteiger partial charge in [-0.1, -0.05) is 6.42 Å². The highest BCUT2D eigenvalue weighted by atomic mass is 14.9. The summed E-state index contributed by atoms with van der Waals surface area (Å²) < 4.78 is 0. The van der Waals surface area contributed by atoms with E-state index in [9.17, 15) is 0 Å². The van der Waals surface area contributed by atoms with Crippen molar-refractivity contribution in [3.8, 4) is 12.5 Å². The van der Waals surface area contributed by atoms with Crippen molar-refractivity contribution in [2.75, 3.05) is 7.05 Å². The quantitative estimate of drug-likeness (QED) is 0.393. The Morgan fingerprint density at radius 3 is 2.75 bits per heavy atom. The predicted octanol–water partition coefficient (Wildman–Crippen LogP) is 0.247. The highest BCUT2D eigenvalue weighted by Crippen LogP contribution is 1.77. The molecule has 0 unspecified atom stereocenters. The van der Waals surface area contributed by atoms with Crippen molar-refractivity contribution >= 4 is 0 Å². The van der Waals surface area contributed by atoms with Gasteiger partial charge in [-0.15, -0.1) is 0 Å². The van der Waals surface area contributed by atoms with E-state index in [0.717, 1.165) is 5.70 Å². The Labute approximate surface area is 50.0 Å². The van der Waals surface area contributed by atoms with Crippen LogP contribution in [0.4, 0.5) is 0 Å². The molecule has 44 valence electrons. The van der Waals surface area contributed by atoms with Crippen molar-refractivity contribution in [2.45, 2.75) is 6.92 Å². The Morgan fingerprint density at radius 2 is 2.38 bits per heavy atom. The van der Waals surface area contributed by atoms with Crippen molar-refractivity contribution in [1.82, 2.24) is 10.6 Å². The Kier molecular flexibility index (Phi) is 3.51. The van der Waals surface area contributed by atoms with E-state index in [-0.39, 0.29) is 0 Å². The van der Waals surface area contributed by atoms with Crippen LogP contribution in [0, 0.1) is 12.5 Å². The van der Waals surface area contributed by atoms with E-state index in [1.54, 1.807) is 6.20 Å². The molecule has 0 aliphatic rings. The second-order valence-corrected chi connectivity index (χ2v) is 1.39. The molecule has 0 amide bonds. The van der Waals surface area contributed by atoms with E-state index >= 15 is 0 Å². The zero-order valence-electron chi connectivity index (χ0n) is 5.15.